The van der Waals surface area contributed by atoms with E-state index in [0.717, 1.165) is 0 Å². The van der Waals surface area contributed by atoms with Crippen LogP contribution in [0.5, 0.6) is 0 Å². The Hall–Kier alpha value is -3.31. The van der Waals surface area contributed by atoms with Crippen molar-refractivity contribution in [3.8, 4) is 0 Å². The molecule has 1 aliphatic rings. The summed E-state index contributed by atoms with van der Waals surface area (Å²) in [4.78, 5) is 40.0. The molecule has 0 spiro atoms. The molecule has 5 nitrogen and oxygen atoms in total. The van der Waals surface area contributed by atoms with Crippen molar-refractivity contribution in [2.24, 2.45) is 11.8 Å². The lowest BCUT2D eigenvalue weighted by molar-refractivity contribution is -0.135. The van der Waals surface area contributed by atoms with Gasteiger partial charge in [-0.25, -0.2) is 0 Å². The first kappa shape index (κ1) is 20.0. The van der Waals surface area contributed by atoms with Crippen molar-refractivity contribution in [1.29, 1.82) is 0 Å². The quantitative estimate of drug-likeness (QED) is 0.513. The number of rotatable bonds is 5. The second-order valence-electron chi connectivity index (χ2n) is 7.96. The Bertz CT molecular complexity index is 1050. The molecule has 0 radical (unpaired) electrons. The lowest BCUT2D eigenvalue weighted by Gasteiger charge is -2.43. The molecule has 1 aromatic heterocycles. The number of Topliss-reactive ketones (excluding diaryl/α,β-unsaturated/α-hetero) is 3. The molecule has 152 valence electrons. The Balaban J connectivity index is 1.85. The lowest BCUT2D eigenvalue weighted by atomic mass is 9.59. The minimum atomic E-state index is -1.62. The van der Waals surface area contributed by atoms with Gasteiger partial charge in [0.2, 0.25) is 0 Å². The molecule has 1 aliphatic carbocycles. The van der Waals surface area contributed by atoms with E-state index < -0.39 is 29.1 Å². The van der Waals surface area contributed by atoms with Crippen molar-refractivity contribution in [2.75, 3.05) is 0 Å². The highest BCUT2D eigenvalue weighted by atomic mass is 16.3. The maximum atomic E-state index is 13.5. The summed E-state index contributed by atoms with van der Waals surface area (Å²) in [5.41, 5.74) is -0.811. The highest BCUT2D eigenvalue weighted by Crippen LogP contribution is 2.48. The number of hydrogen-bond acceptors (Lipinski definition) is 5. The number of carbonyl (C=O) groups excluding carboxylic acids is 3. The van der Waals surface area contributed by atoms with Crippen LogP contribution in [-0.4, -0.2) is 28.1 Å². The van der Waals surface area contributed by atoms with Crippen LogP contribution in [0.1, 0.15) is 45.7 Å². The molecule has 0 saturated heterocycles. The average molecular weight is 402 g/mol. The Morgan fingerprint density at radius 3 is 2.00 bits per heavy atom. The molecule has 0 aliphatic heterocycles. The first-order valence-corrected chi connectivity index (χ1v) is 9.87. The van der Waals surface area contributed by atoms with Crippen molar-refractivity contribution < 1.29 is 23.9 Å². The van der Waals surface area contributed by atoms with Gasteiger partial charge in [0.1, 0.15) is 11.5 Å². The molecule has 1 N–H and O–H groups in total. The van der Waals surface area contributed by atoms with Crippen molar-refractivity contribution >= 4 is 17.3 Å². The maximum Gasteiger partial charge on any atom is 0.174 e. The molecule has 1 saturated carbocycles. The van der Waals surface area contributed by atoms with E-state index in [1.807, 2.05) is 0 Å². The van der Waals surface area contributed by atoms with Gasteiger partial charge in [0, 0.05) is 23.5 Å². The number of hydrogen-bond donors (Lipinski definition) is 1. The zero-order valence-electron chi connectivity index (χ0n) is 16.5. The predicted molar refractivity (Wildman–Crippen MR) is 110 cm³/mol. The molecule has 4 unspecified atom stereocenters. The topological polar surface area (TPSA) is 84.6 Å². The highest BCUT2D eigenvalue weighted by Gasteiger charge is 2.56. The van der Waals surface area contributed by atoms with Crippen LogP contribution in [0.15, 0.2) is 83.5 Å². The molecule has 2 aromatic carbocycles. The van der Waals surface area contributed by atoms with Crippen LogP contribution < -0.4 is 0 Å². The summed E-state index contributed by atoms with van der Waals surface area (Å²) in [5.74, 6) is -3.78. The monoisotopic (exact) mass is 402 g/mol. The van der Waals surface area contributed by atoms with Gasteiger partial charge in [-0.1, -0.05) is 60.7 Å². The van der Waals surface area contributed by atoms with Crippen molar-refractivity contribution in [3.63, 3.8) is 0 Å². The van der Waals surface area contributed by atoms with E-state index in [1.165, 1.54) is 13.2 Å². The summed E-state index contributed by atoms with van der Waals surface area (Å²) < 4.78 is 5.58. The zero-order chi connectivity index (χ0) is 21.3. The van der Waals surface area contributed by atoms with Gasteiger partial charge >= 0.3 is 0 Å². The maximum absolute atomic E-state index is 13.5. The van der Waals surface area contributed by atoms with Gasteiger partial charge in [0.05, 0.1) is 23.7 Å². The van der Waals surface area contributed by atoms with Crippen molar-refractivity contribution in [1.82, 2.24) is 0 Å². The van der Waals surface area contributed by atoms with Crippen LogP contribution >= 0.6 is 0 Å². The summed E-state index contributed by atoms with van der Waals surface area (Å²) in [6.45, 7) is 1.48. The third-order valence-corrected chi connectivity index (χ3v) is 5.82. The largest absolute Gasteiger partial charge is 0.469 e. The van der Waals surface area contributed by atoms with E-state index in [4.69, 9.17) is 4.42 Å². The third-order valence-electron chi connectivity index (χ3n) is 5.82. The van der Waals surface area contributed by atoms with E-state index in [9.17, 15) is 19.5 Å². The van der Waals surface area contributed by atoms with E-state index in [-0.39, 0.29) is 18.0 Å². The minimum absolute atomic E-state index is 0.281. The number of carbonyl (C=O) groups is 3. The standard InChI is InChI=1S/C25H22O5/c1-25(29)15-18(26)20(23(27)16-9-4-2-5-10-16)21(19-13-8-14-30-19)22(25)24(28)17-11-6-3-7-12-17/h2-14,20-22,29H,15H2,1H3. The van der Waals surface area contributed by atoms with E-state index in [0.29, 0.717) is 16.9 Å². The molecule has 1 fully saturated rings. The predicted octanol–water partition coefficient (Wildman–Crippen LogP) is 4.09. The number of benzene rings is 2. The summed E-state index contributed by atoms with van der Waals surface area (Å²) in [6.07, 6.45) is 1.16. The van der Waals surface area contributed by atoms with Crippen LogP contribution in [0.25, 0.3) is 0 Å². The first-order chi connectivity index (χ1) is 14.4. The number of furan rings is 1. The molecule has 3 aromatic rings. The minimum Gasteiger partial charge on any atom is -0.469 e. The van der Waals surface area contributed by atoms with E-state index in [2.05, 4.69) is 0 Å². The molecule has 4 atom stereocenters. The van der Waals surface area contributed by atoms with Gasteiger partial charge in [-0.15, -0.1) is 0 Å². The molecule has 1 heterocycles. The SMILES string of the molecule is CC1(O)CC(=O)C(C(=O)c2ccccc2)C(c2ccco2)C1C(=O)c1ccccc1. The zero-order valence-corrected chi connectivity index (χ0v) is 16.5. The molecule has 0 amide bonds. The normalized spacial score (nSPS) is 26.3. The third kappa shape index (κ3) is 3.53. The van der Waals surface area contributed by atoms with Gasteiger partial charge in [-0.2, -0.15) is 0 Å². The highest BCUT2D eigenvalue weighted by molar-refractivity contribution is 6.13. The van der Waals surface area contributed by atoms with Crippen LogP contribution in [0.2, 0.25) is 0 Å². The van der Waals surface area contributed by atoms with Gasteiger partial charge in [-0.05, 0) is 19.1 Å². The van der Waals surface area contributed by atoms with Crippen molar-refractivity contribution in [2.45, 2.75) is 24.9 Å². The summed E-state index contributed by atoms with van der Waals surface area (Å²) in [5, 5.41) is 11.2. The summed E-state index contributed by atoms with van der Waals surface area (Å²) in [6, 6.07) is 20.5. The fourth-order valence-corrected chi connectivity index (χ4v) is 4.48. The second kappa shape index (κ2) is 7.84. The van der Waals surface area contributed by atoms with Gasteiger partial charge < -0.3 is 9.52 Å². The van der Waals surface area contributed by atoms with Gasteiger partial charge in [-0.3, -0.25) is 14.4 Å². The molecular formula is C25H22O5. The molecule has 5 heteroatoms. The Kier molecular flexibility index (Phi) is 5.22. The average Bonchev–Trinajstić information content (AvgIpc) is 3.28. The second-order valence-corrected chi connectivity index (χ2v) is 7.96. The lowest BCUT2D eigenvalue weighted by Crippen LogP contribution is -2.54. The molecular weight excluding hydrogens is 380 g/mol. The van der Waals surface area contributed by atoms with E-state index in [1.54, 1.807) is 72.8 Å². The Morgan fingerprint density at radius 2 is 1.47 bits per heavy atom. The fraction of sp³-hybridized carbons (Fsp3) is 0.240. The van der Waals surface area contributed by atoms with Crippen LogP contribution in [0.4, 0.5) is 0 Å². The fourth-order valence-electron chi connectivity index (χ4n) is 4.48. The Morgan fingerprint density at radius 1 is 0.900 bits per heavy atom. The first-order valence-electron chi connectivity index (χ1n) is 9.87. The van der Waals surface area contributed by atoms with Crippen LogP contribution in [0.3, 0.4) is 0 Å². The number of aliphatic hydroxyl groups is 1. The Labute approximate surface area is 174 Å². The smallest absolute Gasteiger partial charge is 0.174 e. The van der Waals surface area contributed by atoms with Gasteiger partial charge in [0.25, 0.3) is 0 Å². The molecule has 30 heavy (non-hydrogen) atoms. The van der Waals surface area contributed by atoms with Crippen molar-refractivity contribution in [3.05, 3.63) is 95.9 Å². The van der Waals surface area contributed by atoms with Crippen LogP contribution in [-0.2, 0) is 4.79 Å². The summed E-state index contributed by atoms with van der Waals surface area (Å²) in [7, 11) is 0. The van der Waals surface area contributed by atoms with E-state index >= 15 is 0 Å². The number of ketones is 3. The molecule has 4 rings (SSSR count). The van der Waals surface area contributed by atoms with Gasteiger partial charge in [0.15, 0.2) is 11.6 Å². The molecule has 0 bridgehead atoms. The van der Waals surface area contributed by atoms with Crippen LogP contribution in [0, 0.1) is 11.8 Å². The summed E-state index contributed by atoms with van der Waals surface area (Å²) >= 11 is 0.